The molecule has 19 heavy (non-hydrogen) atoms. The van der Waals surface area contributed by atoms with Crippen molar-refractivity contribution >= 4 is 0 Å². The Kier molecular flexibility index (Phi) is 3.39. The van der Waals surface area contributed by atoms with Crippen LogP contribution in [0.1, 0.15) is 25.0 Å². The van der Waals surface area contributed by atoms with Crippen LogP contribution in [0.15, 0.2) is 24.3 Å². The van der Waals surface area contributed by atoms with E-state index in [1.54, 1.807) is 12.1 Å². The molecule has 0 saturated carbocycles. The maximum atomic E-state index is 12.4. The molecule has 1 saturated heterocycles. The SMILES string of the molecule is Cc1ccc(C2(OCC(F)(F)F)OCC2(C)C)cc1. The Labute approximate surface area is 110 Å². The van der Waals surface area contributed by atoms with Crippen molar-refractivity contribution in [1.82, 2.24) is 0 Å². The van der Waals surface area contributed by atoms with E-state index in [0.717, 1.165) is 5.56 Å². The van der Waals surface area contributed by atoms with Crippen LogP contribution < -0.4 is 0 Å². The maximum Gasteiger partial charge on any atom is 0.411 e. The summed E-state index contributed by atoms with van der Waals surface area (Å²) in [6.45, 7) is 4.66. The fraction of sp³-hybridized carbons (Fsp3) is 0.571. The molecule has 2 rings (SSSR count). The molecule has 5 heteroatoms. The molecule has 1 aromatic rings. The molecule has 1 unspecified atom stereocenters. The average Bonchev–Trinajstić information content (AvgIpc) is 2.29. The van der Waals surface area contributed by atoms with Crippen molar-refractivity contribution in [2.75, 3.05) is 13.2 Å². The summed E-state index contributed by atoms with van der Waals surface area (Å²) in [5.74, 6) is -1.31. The first kappa shape index (κ1) is 14.3. The zero-order valence-corrected chi connectivity index (χ0v) is 11.2. The molecular formula is C14H17F3O2. The summed E-state index contributed by atoms with van der Waals surface area (Å²) >= 11 is 0. The predicted molar refractivity (Wildman–Crippen MR) is 64.6 cm³/mol. The van der Waals surface area contributed by atoms with Gasteiger partial charge in [0.1, 0.15) is 6.61 Å². The van der Waals surface area contributed by atoms with E-state index in [2.05, 4.69) is 0 Å². The first-order valence-electron chi connectivity index (χ1n) is 6.08. The number of rotatable bonds is 3. The molecule has 1 aliphatic heterocycles. The molecular weight excluding hydrogens is 257 g/mol. The largest absolute Gasteiger partial charge is 0.411 e. The van der Waals surface area contributed by atoms with Crippen LogP contribution >= 0.6 is 0 Å². The van der Waals surface area contributed by atoms with Gasteiger partial charge in [-0.1, -0.05) is 43.7 Å². The van der Waals surface area contributed by atoms with Gasteiger partial charge in [0.15, 0.2) is 0 Å². The van der Waals surface area contributed by atoms with Crippen LogP contribution in [-0.2, 0) is 15.3 Å². The van der Waals surface area contributed by atoms with E-state index in [0.29, 0.717) is 12.2 Å². The number of halogens is 3. The molecule has 1 atom stereocenters. The molecule has 1 aliphatic rings. The van der Waals surface area contributed by atoms with Gasteiger partial charge in [-0.25, -0.2) is 0 Å². The number of ether oxygens (including phenoxy) is 2. The third kappa shape index (κ3) is 2.62. The topological polar surface area (TPSA) is 18.5 Å². The first-order valence-corrected chi connectivity index (χ1v) is 6.08. The van der Waals surface area contributed by atoms with Gasteiger partial charge >= 0.3 is 6.18 Å². The standard InChI is InChI=1S/C14H17F3O2/c1-10-4-6-11(7-5-10)14(12(2,3)8-18-14)19-9-13(15,16)17/h4-7H,8-9H2,1-3H3. The van der Waals surface area contributed by atoms with Gasteiger partial charge in [-0.05, 0) is 6.92 Å². The average molecular weight is 274 g/mol. The zero-order chi connectivity index (χ0) is 14.3. The zero-order valence-electron chi connectivity index (χ0n) is 11.2. The number of alkyl halides is 3. The minimum Gasteiger partial charge on any atom is -0.345 e. The highest BCUT2D eigenvalue weighted by Crippen LogP contribution is 2.52. The second kappa shape index (κ2) is 4.49. The van der Waals surface area contributed by atoms with Crippen LogP contribution in [0.2, 0.25) is 0 Å². The second-order valence-corrected chi connectivity index (χ2v) is 5.56. The van der Waals surface area contributed by atoms with Crippen molar-refractivity contribution in [2.24, 2.45) is 5.41 Å². The summed E-state index contributed by atoms with van der Waals surface area (Å²) in [4.78, 5) is 0. The van der Waals surface area contributed by atoms with E-state index in [1.807, 2.05) is 32.9 Å². The molecule has 0 bridgehead atoms. The van der Waals surface area contributed by atoms with Gasteiger partial charge < -0.3 is 9.47 Å². The van der Waals surface area contributed by atoms with E-state index >= 15 is 0 Å². The minimum atomic E-state index is -4.37. The third-order valence-corrected chi connectivity index (χ3v) is 3.40. The van der Waals surface area contributed by atoms with Gasteiger partial charge in [0, 0.05) is 11.0 Å². The van der Waals surface area contributed by atoms with Crippen LogP contribution in [0.3, 0.4) is 0 Å². The Balaban J connectivity index is 2.29. The number of aryl methyl sites for hydroxylation is 1. The summed E-state index contributed by atoms with van der Waals surface area (Å²) in [6.07, 6.45) is -4.37. The molecule has 0 spiro atoms. The summed E-state index contributed by atoms with van der Waals surface area (Å²) in [5, 5.41) is 0. The minimum absolute atomic E-state index is 0.374. The summed E-state index contributed by atoms with van der Waals surface area (Å²) in [7, 11) is 0. The van der Waals surface area contributed by atoms with E-state index < -0.39 is 24.0 Å². The molecule has 1 fully saturated rings. The van der Waals surface area contributed by atoms with Crippen molar-refractivity contribution in [3.05, 3.63) is 35.4 Å². The summed E-state index contributed by atoms with van der Waals surface area (Å²) in [5.41, 5.74) is 1.17. The van der Waals surface area contributed by atoms with Crippen LogP contribution in [-0.4, -0.2) is 19.4 Å². The lowest BCUT2D eigenvalue weighted by atomic mass is 9.75. The van der Waals surface area contributed by atoms with Crippen molar-refractivity contribution in [2.45, 2.75) is 32.7 Å². The highest BCUT2D eigenvalue weighted by Gasteiger charge is 2.58. The van der Waals surface area contributed by atoms with Gasteiger partial charge in [-0.3, -0.25) is 0 Å². The van der Waals surface area contributed by atoms with Gasteiger partial charge in [-0.2, -0.15) is 13.2 Å². The normalized spacial score (nSPS) is 26.0. The van der Waals surface area contributed by atoms with E-state index in [4.69, 9.17) is 9.47 Å². The lowest BCUT2D eigenvalue weighted by molar-refractivity contribution is -0.409. The first-order chi connectivity index (χ1) is 8.66. The highest BCUT2D eigenvalue weighted by atomic mass is 19.4. The van der Waals surface area contributed by atoms with Gasteiger partial charge in [0.25, 0.3) is 0 Å². The maximum absolute atomic E-state index is 12.4. The van der Waals surface area contributed by atoms with Crippen molar-refractivity contribution in [3.63, 3.8) is 0 Å². The van der Waals surface area contributed by atoms with Crippen LogP contribution in [0.5, 0.6) is 0 Å². The Morgan fingerprint density at radius 2 is 1.79 bits per heavy atom. The number of benzene rings is 1. The fourth-order valence-corrected chi connectivity index (χ4v) is 2.24. The predicted octanol–water partition coefficient (Wildman–Crippen LogP) is 3.78. The molecule has 0 amide bonds. The van der Waals surface area contributed by atoms with Gasteiger partial charge in [0.05, 0.1) is 6.61 Å². The van der Waals surface area contributed by atoms with Crippen molar-refractivity contribution < 1.29 is 22.6 Å². The molecule has 1 aromatic carbocycles. The second-order valence-electron chi connectivity index (χ2n) is 5.56. The van der Waals surface area contributed by atoms with Crippen LogP contribution in [0.25, 0.3) is 0 Å². The lowest BCUT2D eigenvalue weighted by Crippen LogP contribution is -2.59. The van der Waals surface area contributed by atoms with Gasteiger partial charge in [-0.15, -0.1) is 0 Å². The van der Waals surface area contributed by atoms with E-state index in [-0.39, 0.29) is 0 Å². The van der Waals surface area contributed by atoms with E-state index in [1.165, 1.54) is 0 Å². The number of hydrogen-bond donors (Lipinski definition) is 0. The van der Waals surface area contributed by atoms with Crippen LogP contribution in [0.4, 0.5) is 13.2 Å². The Morgan fingerprint density at radius 1 is 1.21 bits per heavy atom. The quantitative estimate of drug-likeness (QED) is 0.835. The van der Waals surface area contributed by atoms with E-state index in [9.17, 15) is 13.2 Å². The Hall–Kier alpha value is -1.07. The monoisotopic (exact) mass is 274 g/mol. The van der Waals surface area contributed by atoms with Crippen LogP contribution in [0, 0.1) is 12.3 Å². The van der Waals surface area contributed by atoms with Gasteiger partial charge in [0.2, 0.25) is 5.79 Å². The summed E-state index contributed by atoms with van der Waals surface area (Å²) < 4.78 is 47.7. The molecule has 0 aromatic heterocycles. The molecule has 0 N–H and O–H groups in total. The Morgan fingerprint density at radius 3 is 2.16 bits per heavy atom. The summed E-state index contributed by atoms with van der Waals surface area (Å²) in [6, 6.07) is 7.19. The molecule has 0 radical (unpaired) electrons. The molecule has 0 aliphatic carbocycles. The van der Waals surface area contributed by atoms with Crippen molar-refractivity contribution in [1.29, 1.82) is 0 Å². The molecule has 106 valence electrons. The van der Waals surface area contributed by atoms with Crippen molar-refractivity contribution in [3.8, 4) is 0 Å². The Bertz CT molecular complexity index is 451. The fourth-order valence-electron chi connectivity index (χ4n) is 2.24. The highest BCUT2D eigenvalue weighted by molar-refractivity contribution is 5.28. The third-order valence-electron chi connectivity index (χ3n) is 3.40. The molecule has 2 nitrogen and oxygen atoms in total. The lowest BCUT2D eigenvalue weighted by Gasteiger charge is -2.54. The molecule has 1 heterocycles. The number of hydrogen-bond acceptors (Lipinski definition) is 2. The smallest absolute Gasteiger partial charge is 0.345 e.